The van der Waals surface area contributed by atoms with Gasteiger partial charge in [0.2, 0.25) is 53.2 Å². The van der Waals surface area contributed by atoms with Crippen molar-refractivity contribution in [3.05, 3.63) is 90.1 Å². The first-order valence-electron chi connectivity index (χ1n) is 25.7. The molecule has 0 aliphatic carbocycles. The van der Waals surface area contributed by atoms with Crippen LogP contribution in [-0.4, -0.2) is 130 Å². The Kier molecular flexibility index (Phi) is 24.1. The summed E-state index contributed by atoms with van der Waals surface area (Å²) in [6.45, 7) is 12.3. The molecule has 23 nitrogen and oxygen atoms in total. The Balaban J connectivity index is 1.44. The second kappa shape index (κ2) is 30.0. The van der Waals surface area contributed by atoms with Gasteiger partial charge in [-0.3, -0.25) is 43.2 Å². The summed E-state index contributed by atoms with van der Waals surface area (Å²) in [7, 11) is 0. The number of carbonyl (C=O) groups excluding carboxylic acids is 9. The zero-order valence-electron chi connectivity index (χ0n) is 44.5. The lowest BCUT2D eigenvalue weighted by atomic mass is 10.0. The van der Waals surface area contributed by atoms with Crippen LogP contribution < -0.4 is 59.7 Å². The average Bonchev–Trinajstić information content (AvgIpc) is 4.04. The Morgan fingerprint density at radius 3 is 1.88 bits per heavy atom. The molecule has 4 rings (SSSR count). The molecule has 0 saturated heterocycles. The number of amides is 9. The molecule has 2 heterocycles. The SMILES string of the molecule is CC(C)C[C@@H](CN[C@@H](CC(C)C)C(N)=O)NC(=O)[C@H](Cc1cnc[nH]1)NC(=O)CNC(=O)[C@@H](NC(=O)[C@H](C)NC(=O)[C@H](Cc1c[nH]c2ccccc12)NC(=O)[C@H](CCC(N)=O)NC(=O)[C@H](N)Cc1ccccc1)C(C)C. The number of nitrogens with two attached hydrogens (primary N) is 3. The fourth-order valence-corrected chi connectivity index (χ4v) is 8.46. The maximum atomic E-state index is 14.2. The van der Waals surface area contributed by atoms with Crippen molar-refractivity contribution in [1.82, 2.24) is 57.5 Å². The van der Waals surface area contributed by atoms with Crippen molar-refractivity contribution in [3.63, 3.8) is 0 Å². The first kappa shape index (κ1) is 60.9. The van der Waals surface area contributed by atoms with Crippen LogP contribution in [0.4, 0.5) is 0 Å². The largest absolute Gasteiger partial charge is 0.370 e. The third-order valence-corrected chi connectivity index (χ3v) is 12.5. The van der Waals surface area contributed by atoms with Crippen LogP contribution in [0.15, 0.2) is 73.3 Å². The Hall–Kier alpha value is -7.66. The topological polar surface area (TPSA) is 372 Å². The second-order valence-corrected chi connectivity index (χ2v) is 20.4. The normalized spacial score (nSPS) is 14.6. The molecule has 4 aromatic rings. The maximum Gasteiger partial charge on any atom is 0.243 e. The summed E-state index contributed by atoms with van der Waals surface area (Å²) < 4.78 is 0. The molecule has 0 unspecified atom stereocenters. The highest BCUT2D eigenvalue weighted by Gasteiger charge is 2.33. The smallest absolute Gasteiger partial charge is 0.243 e. The quantitative estimate of drug-likeness (QED) is 0.0301. The lowest BCUT2D eigenvalue weighted by molar-refractivity contribution is -0.135. The number of aromatic amines is 2. The maximum absolute atomic E-state index is 14.2. The minimum atomic E-state index is -1.34. The Morgan fingerprint density at radius 2 is 1.25 bits per heavy atom. The lowest BCUT2D eigenvalue weighted by Gasteiger charge is -2.27. The van der Waals surface area contributed by atoms with Crippen molar-refractivity contribution >= 4 is 64.1 Å². The molecule has 2 aromatic carbocycles. The third-order valence-electron chi connectivity index (χ3n) is 12.5. The highest BCUT2D eigenvalue weighted by Crippen LogP contribution is 2.20. The molecule has 0 radical (unpaired) electrons. The minimum Gasteiger partial charge on any atom is -0.370 e. The van der Waals surface area contributed by atoms with Gasteiger partial charge in [0.25, 0.3) is 0 Å². The number of nitrogens with one attached hydrogen (secondary N) is 10. The molecule has 414 valence electrons. The molecule has 23 heteroatoms. The van der Waals surface area contributed by atoms with Crippen molar-refractivity contribution in [2.24, 2.45) is 35.0 Å². The van der Waals surface area contributed by atoms with E-state index in [0.29, 0.717) is 24.1 Å². The molecule has 0 aliphatic heterocycles. The van der Waals surface area contributed by atoms with Gasteiger partial charge in [0.1, 0.15) is 30.2 Å². The van der Waals surface area contributed by atoms with Gasteiger partial charge < -0.3 is 69.7 Å². The Morgan fingerprint density at radius 1 is 0.618 bits per heavy atom. The fraction of sp³-hybridized carbons (Fsp3) is 0.509. The van der Waals surface area contributed by atoms with E-state index in [2.05, 4.69) is 57.5 Å². The molecule has 0 fully saturated rings. The number of hydrogen-bond acceptors (Lipinski definition) is 12. The van der Waals surface area contributed by atoms with E-state index in [1.165, 1.54) is 19.4 Å². The van der Waals surface area contributed by atoms with Crippen LogP contribution in [0.2, 0.25) is 0 Å². The van der Waals surface area contributed by atoms with Gasteiger partial charge >= 0.3 is 0 Å². The lowest BCUT2D eigenvalue weighted by Crippen LogP contribution is -2.59. The van der Waals surface area contributed by atoms with Gasteiger partial charge in [0.15, 0.2) is 0 Å². The van der Waals surface area contributed by atoms with Gasteiger partial charge in [0, 0.05) is 60.8 Å². The monoisotopic (exact) mass is 1050 g/mol. The van der Waals surface area contributed by atoms with Crippen LogP contribution in [0.1, 0.15) is 91.0 Å². The van der Waals surface area contributed by atoms with Crippen LogP contribution in [-0.2, 0) is 62.4 Å². The molecule has 0 bridgehead atoms. The van der Waals surface area contributed by atoms with Crippen molar-refractivity contribution < 1.29 is 43.2 Å². The predicted octanol–water partition coefficient (Wildman–Crippen LogP) is -0.252. The van der Waals surface area contributed by atoms with Crippen molar-refractivity contribution in [3.8, 4) is 0 Å². The van der Waals surface area contributed by atoms with Gasteiger partial charge in [-0.05, 0) is 67.6 Å². The number of imidazole rings is 1. The number of benzene rings is 2. The fourth-order valence-electron chi connectivity index (χ4n) is 8.46. The van der Waals surface area contributed by atoms with Crippen LogP contribution in [0.25, 0.3) is 10.9 Å². The summed E-state index contributed by atoms with van der Waals surface area (Å²) in [5.41, 5.74) is 20.0. The van der Waals surface area contributed by atoms with E-state index < -0.39 is 114 Å². The molecule has 76 heavy (non-hydrogen) atoms. The minimum absolute atomic E-state index is 0.0293. The number of H-pyrrole nitrogens is 2. The van der Waals surface area contributed by atoms with Crippen LogP contribution in [0.5, 0.6) is 0 Å². The molecule has 0 aliphatic rings. The predicted molar refractivity (Wildman–Crippen MR) is 286 cm³/mol. The summed E-state index contributed by atoms with van der Waals surface area (Å²) in [6, 6.07) is 7.96. The molecule has 8 atom stereocenters. The van der Waals surface area contributed by atoms with E-state index in [0.717, 1.165) is 16.5 Å². The van der Waals surface area contributed by atoms with Gasteiger partial charge in [-0.25, -0.2) is 4.98 Å². The first-order chi connectivity index (χ1) is 36.0. The summed E-state index contributed by atoms with van der Waals surface area (Å²) in [4.78, 5) is 130. The summed E-state index contributed by atoms with van der Waals surface area (Å²) in [6.07, 6.45) is 5.32. The highest BCUT2D eigenvalue weighted by atomic mass is 16.2. The number of rotatable bonds is 32. The number of aromatic nitrogens is 3. The molecule has 2 aromatic heterocycles. The number of hydrogen-bond donors (Lipinski definition) is 13. The van der Waals surface area contributed by atoms with E-state index >= 15 is 0 Å². The van der Waals surface area contributed by atoms with E-state index in [1.54, 1.807) is 44.3 Å². The number of primary amides is 2. The molecular weight excluding hydrogens is 977 g/mol. The average molecular weight is 1060 g/mol. The van der Waals surface area contributed by atoms with Crippen LogP contribution in [0, 0.1) is 17.8 Å². The highest BCUT2D eigenvalue weighted by molar-refractivity contribution is 5.97. The van der Waals surface area contributed by atoms with Crippen molar-refractivity contribution in [2.75, 3.05) is 13.1 Å². The van der Waals surface area contributed by atoms with Crippen molar-refractivity contribution in [1.29, 1.82) is 0 Å². The van der Waals surface area contributed by atoms with Gasteiger partial charge in [-0.1, -0.05) is 90.1 Å². The van der Waals surface area contributed by atoms with Gasteiger partial charge in [0.05, 0.1) is 25.0 Å². The van der Waals surface area contributed by atoms with E-state index in [4.69, 9.17) is 17.2 Å². The number of para-hydroxylation sites is 1. The molecular formula is C53H78N14O9. The number of fused-ring (bicyclic) bond motifs is 1. The van der Waals surface area contributed by atoms with Gasteiger partial charge in [-0.2, -0.15) is 0 Å². The standard InChI is InChI=1S/C53H78N14O9/c1-29(2)19-36(26-59-41(47(56)70)20-30(3)4)63-52(75)43(23-35-25-57-28-61-35)64-45(69)27-60-53(76)46(31(5)6)67-48(71)32(7)62-51(74)42(22-34-24-58-39-16-12-11-15-37(34)39)66-50(73)40(17-18-44(55)68)65-49(72)38(54)21-33-13-9-8-10-14-33/h8-16,24-25,28-32,36,38,40-43,46,58-59H,17-23,26-27,54H2,1-7H3,(H2,55,68)(H2,56,70)(H,57,61)(H,60,76)(H,62,74)(H,63,75)(H,64,69)(H,65,72)(H,66,73)(H,67,71)/t32-,36-,38+,40-,41-,42-,43-,46-/m0/s1. The summed E-state index contributed by atoms with van der Waals surface area (Å²) in [5, 5.41) is 22.8. The second-order valence-electron chi connectivity index (χ2n) is 20.4. The molecule has 16 N–H and O–H groups in total. The van der Waals surface area contributed by atoms with E-state index in [1.807, 2.05) is 58.0 Å². The molecule has 0 saturated carbocycles. The molecule has 9 amide bonds. The number of carbonyl (C=O) groups is 9. The number of nitrogens with zero attached hydrogens (tertiary/aromatic N) is 1. The zero-order chi connectivity index (χ0) is 56.1. The first-order valence-corrected chi connectivity index (χ1v) is 25.7. The Labute approximate surface area is 443 Å². The molecule has 0 spiro atoms. The van der Waals surface area contributed by atoms with Crippen LogP contribution in [0.3, 0.4) is 0 Å². The van der Waals surface area contributed by atoms with E-state index in [9.17, 15) is 43.2 Å². The van der Waals surface area contributed by atoms with Gasteiger partial charge in [-0.15, -0.1) is 0 Å². The zero-order valence-corrected chi connectivity index (χ0v) is 44.5. The Bertz CT molecular complexity index is 2570. The summed E-state index contributed by atoms with van der Waals surface area (Å²) >= 11 is 0. The summed E-state index contributed by atoms with van der Waals surface area (Å²) in [5.74, 6) is -6.38. The van der Waals surface area contributed by atoms with E-state index in [-0.39, 0.29) is 50.5 Å². The van der Waals surface area contributed by atoms with Crippen LogP contribution >= 0.6 is 0 Å². The third kappa shape index (κ3) is 20.2. The van der Waals surface area contributed by atoms with Crippen molar-refractivity contribution in [2.45, 2.75) is 142 Å².